The van der Waals surface area contributed by atoms with Crippen LogP contribution in [0, 0.1) is 0 Å². The van der Waals surface area contributed by atoms with E-state index in [1.807, 2.05) is 0 Å². The molecule has 0 saturated carbocycles. The molecule has 1 aliphatic rings. The summed E-state index contributed by atoms with van der Waals surface area (Å²) in [5.74, 6) is 1.20. The average molecular weight is 193 g/mol. The lowest BCUT2D eigenvalue weighted by Gasteiger charge is -2.21. The van der Waals surface area contributed by atoms with Gasteiger partial charge in [0.1, 0.15) is 5.82 Å². The Morgan fingerprint density at radius 2 is 2.50 bits per heavy atom. The standard InChI is InChI=1S/C11H19N3/c1-3-4-5-10-8-11-12-9(2)6-7-14(11)13-10/h8-9,12H,3-7H2,1-2H3. The molecule has 3 heteroatoms. The first-order chi connectivity index (χ1) is 6.79. The van der Waals surface area contributed by atoms with Crippen molar-refractivity contribution < 1.29 is 0 Å². The van der Waals surface area contributed by atoms with Crippen molar-refractivity contribution >= 4 is 5.82 Å². The van der Waals surface area contributed by atoms with Gasteiger partial charge in [-0.15, -0.1) is 0 Å². The minimum Gasteiger partial charge on any atom is -0.368 e. The SMILES string of the molecule is CCCCc1cc2n(n1)CCC(C)N2. The second kappa shape index (κ2) is 4.03. The summed E-state index contributed by atoms with van der Waals surface area (Å²) in [6.45, 7) is 5.51. The molecule has 1 aromatic rings. The summed E-state index contributed by atoms with van der Waals surface area (Å²) in [7, 11) is 0. The van der Waals surface area contributed by atoms with Gasteiger partial charge in [-0.25, -0.2) is 4.68 Å². The summed E-state index contributed by atoms with van der Waals surface area (Å²) < 4.78 is 2.10. The van der Waals surface area contributed by atoms with Gasteiger partial charge in [0, 0.05) is 18.7 Å². The highest BCUT2D eigenvalue weighted by atomic mass is 15.3. The van der Waals surface area contributed by atoms with Crippen LogP contribution in [0.4, 0.5) is 5.82 Å². The van der Waals surface area contributed by atoms with Crippen LogP contribution in [-0.2, 0) is 13.0 Å². The molecular formula is C11H19N3. The number of hydrogen-bond donors (Lipinski definition) is 1. The maximum absolute atomic E-state index is 4.58. The molecule has 1 aromatic heterocycles. The van der Waals surface area contributed by atoms with Crippen LogP contribution in [0.2, 0.25) is 0 Å². The van der Waals surface area contributed by atoms with Gasteiger partial charge in [-0.1, -0.05) is 13.3 Å². The Hall–Kier alpha value is -0.990. The smallest absolute Gasteiger partial charge is 0.124 e. The van der Waals surface area contributed by atoms with Gasteiger partial charge < -0.3 is 5.32 Å². The summed E-state index contributed by atoms with van der Waals surface area (Å²) >= 11 is 0. The second-order valence-electron chi connectivity index (χ2n) is 4.18. The number of hydrogen-bond acceptors (Lipinski definition) is 2. The fraction of sp³-hybridized carbons (Fsp3) is 0.727. The molecule has 0 bridgehead atoms. The Labute approximate surface area is 85.5 Å². The lowest BCUT2D eigenvalue weighted by Crippen LogP contribution is -2.25. The Morgan fingerprint density at radius 1 is 1.64 bits per heavy atom. The molecule has 1 aliphatic heterocycles. The van der Waals surface area contributed by atoms with Gasteiger partial charge >= 0.3 is 0 Å². The Morgan fingerprint density at radius 3 is 3.29 bits per heavy atom. The molecule has 1 atom stereocenters. The third-order valence-corrected chi connectivity index (χ3v) is 2.79. The molecule has 2 rings (SSSR count). The zero-order valence-corrected chi connectivity index (χ0v) is 9.08. The van der Waals surface area contributed by atoms with Gasteiger partial charge in [0.25, 0.3) is 0 Å². The molecule has 1 unspecified atom stereocenters. The molecule has 0 fully saturated rings. The van der Waals surface area contributed by atoms with Crippen molar-refractivity contribution in [2.24, 2.45) is 0 Å². The Kier molecular flexibility index (Phi) is 2.75. The van der Waals surface area contributed by atoms with E-state index in [1.165, 1.54) is 30.8 Å². The van der Waals surface area contributed by atoms with E-state index in [1.54, 1.807) is 0 Å². The van der Waals surface area contributed by atoms with Gasteiger partial charge in [-0.05, 0) is 26.2 Å². The van der Waals surface area contributed by atoms with Gasteiger partial charge in [0.05, 0.1) is 5.69 Å². The summed E-state index contributed by atoms with van der Waals surface area (Å²) in [6.07, 6.45) is 4.78. The average Bonchev–Trinajstić information content (AvgIpc) is 2.56. The van der Waals surface area contributed by atoms with Gasteiger partial charge in [0.2, 0.25) is 0 Å². The number of nitrogens with zero attached hydrogens (tertiary/aromatic N) is 2. The molecular weight excluding hydrogens is 174 g/mol. The first-order valence-electron chi connectivity index (χ1n) is 5.63. The Bertz CT molecular complexity index is 303. The molecule has 0 amide bonds. The van der Waals surface area contributed by atoms with E-state index in [0.717, 1.165) is 13.0 Å². The van der Waals surface area contributed by atoms with Gasteiger partial charge in [-0.3, -0.25) is 0 Å². The zero-order chi connectivity index (χ0) is 9.97. The van der Waals surface area contributed by atoms with Crippen LogP contribution in [0.1, 0.15) is 38.8 Å². The number of rotatable bonds is 3. The fourth-order valence-corrected chi connectivity index (χ4v) is 1.88. The first kappa shape index (κ1) is 9.56. The van der Waals surface area contributed by atoms with Crippen molar-refractivity contribution in [2.75, 3.05) is 5.32 Å². The summed E-state index contributed by atoms with van der Waals surface area (Å²) in [5.41, 5.74) is 1.24. The van der Waals surface area contributed by atoms with Crippen LogP contribution in [0.3, 0.4) is 0 Å². The largest absolute Gasteiger partial charge is 0.368 e. The highest BCUT2D eigenvalue weighted by Gasteiger charge is 2.15. The molecule has 0 aromatic carbocycles. The quantitative estimate of drug-likeness (QED) is 0.799. The molecule has 0 radical (unpaired) electrons. The summed E-state index contributed by atoms with van der Waals surface area (Å²) in [6, 6.07) is 2.80. The van der Waals surface area contributed by atoms with E-state index < -0.39 is 0 Å². The molecule has 1 N–H and O–H groups in total. The van der Waals surface area contributed by atoms with Crippen molar-refractivity contribution in [1.82, 2.24) is 9.78 Å². The highest BCUT2D eigenvalue weighted by molar-refractivity contribution is 5.39. The summed E-state index contributed by atoms with van der Waals surface area (Å²) in [5, 5.41) is 8.03. The highest BCUT2D eigenvalue weighted by Crippen LogP contribution is 2.19. The lowest BCUT2D eigenvalue weighted by molar-refractivity contribution is 0.508. The first-order valence-corrected chi connectivity index (χ1v) is 5.63. The fourth-order valence-electron chi connectivity index (χ4n) is 1.88. The topological polar surface area (TPSA) is 29.9 Å². The number of aryl methyl sites for hydroxylation is 2. The number of anilines is 1. The molecule has 3 nitrogen and oxygen atoms in total. The lowest BCUT2D eigenvalue weighted by atomic mass is 10.2. The molecule has 78 valence electrons. The normalized spacial score (nSPS) is 20.3. The predicted molar refractivity (Wildman–Crippen MR) is 58.5 cm³/mol. The molecule has 0 saturated heterocycles. The van der Waals surface area contributed by atoms with Crippen LogP contribution in [0.5, 0.6) is 0 Å². The van der Waals surface area contributed by atoms with E-state index >= 15 is 0 Å². The van der Waals surface area contributed by atoms with Crippen molar-refractivity contribution in [3.8, 4) is 0 Å². The minimum atomic E-state index is 0.596. The van der Waals surface area contributed by atoms with E-state index in [0.29, 0.717) is 6.04 Å². The van der Waals surface area contributed by atoms with E-state index in [-0.39, 0.29) is 0 Å². The summed E-state index contributed by atoms with van der Waals surface area (Å²) in [4.78, 5) is 0. The van der Waals surface area contributed by atoms with Crippen molar-refractivity contribution in [3.63, 3.8) is 0 Å². The third kappa shape index (κ3) is 1.91. The van der Waals surface area contributed by atoms with Crippen molar-refractivity contribution in [1.29, 1.82) is 0 Å². The van der Waals surface area contributed by atoms with Gasteiger partial charge in [-0.2, -0.15) is 5.10 Å². The predicted octanol–water partition coefficient (Wildman–Crippen LogP) is 2.43. The molecule has 2 heterocycles. The number of fused-ring (bicyclic) bond motifs is 1. The van der Waals surface area contributed by atoms with E-state index in [4.69, 9.17) is 0 Å². The maximum atomic E-state index is 4.58. The van der Waals surface area contributed by atoms with Crippen LogP contribution in [-0.4, -0.2) is 15.8 Å². The third-order valence-electron chi connectivity index (χ3n) is 2.79. The number of nitrogens with one attached hydrogen (secondary N) is 1. The monoisotopic (exact) mass is 193 g/mol. The molecule has 0 spiro atoms. The van der Waals surface area contributed by atoms with Crippen LogP contribution < -0.4 is 5.32 Å². The van der Waals surface area contributed by atoms with Crippen LogP contribution in [0.15, 0.2) is 6.07 Å². The second-order valence-corrected chi connectivity index (χ2v) is 4.18. The molecule has 0 aliphatic carbocycles. The van der Waals surface area contributed by atoms with Crippen molar-refractivity contribution in [2.45, 2.75) is 52.1 Å². The number of unbranched alkanes of at least 4 members (excludes halogenated alkanes) is 1. The van der Waals surface area contributed by atoms with Crippen LogP contribution >= 0.6 is 0 Å². The number of aromatic nitrogens is 2. The van der Waals surface area contributed by atoms with E-state index in [9.17, 15) is 0 Å². The zero-order valence-electron chi connectivity index (χ0n) is 9.08. The van der Waals surface area contributed by atoms with Gasteiger partial charge in [0.15, 0.2) is 0 Å². The van der Waals surface area contributed by atoms with E-state index in [2.05, 4.69) is 35.0 Å². The van der Waals surface area contributed by atoms with Crippen LogP contribution in [0.25, 0.3) is 0 Å². The van der Waals surface area contributed by atoms with Crippen molar-refractivity contribution in [3.05, 3.63) is 11.8 Å². The minimum absolute atomic E-state index is 0.596. The molecule has 14 heavy (non-hydrogen) atoms. The Balaban J connectivity index is 2.07. The maximum Gasteiger partial charge on any atom is 0.124 e.